The molecule has 0 radical (unpaired) electrons. The minimum atomic E-state index is -1.72. The van der Waals surface area contributed by atoms with Gasteiger partial charge in [-0.1, -0.05) is 150 Å². The molecule has 7 N–H and O–H groups in total. The molecule has 14 nitrogen and oxygen atoms in total. The Morgan fingerprint density at radius 3 is 1.49 bits per heavy atom. The fraction of sp³-hybridized carbons (Fsp3) is 0.727. The zero-order valence-corrected chi connectivity index (χ0v) is 42.0. The molecule has 11 atom stereocenters. The van der Waals surface area contributed by atoms with Crippen LogP contribution >= 0.6 is 0 Å². The monoisotopic (exact) mass is 977 g/mol. The average Bonchev–Trinajstić information content (AvgIpc) is 3.35. The highest BCUT2D eigenvalue weighted by atomic mass is 16.7. The Morgan fingerprint density at radius 1 is 0.493 bits per heavy atom. The van der Waals surface area contributed by atoms with Crippen LogP contribution in [0.25, 0.3) is 0 Å². The lowest BCUT2D eigenvalue weighted by atomic mass is 9.98. The molecule has 2 aliphatic rings. The zero-order chi connectivity index (χ0) is 50.2. The first kappa shape index (κ1) is 62.3. The SMILES string of the molecule is CC/C=C\C/C=C\C/C=C\C/C=C\C/C=C\C/C=C\CCCCCCCOCC(COC1OC(COC2OC(CO)C(O)C(O)C2O)C(O)C(O)C1O)OC(=O)CCCCCCC/C=C\CCCC. The van der Waals surface area contributed by atoms with Gasteiger partial charge in [-0.3, -0.25) is 4.79 Å². The molecule has 0 bridgehead atoms. The van der Waals surface area contributed by atoms with E-state index in [9.17, 15) is 40.5 Å². The minimum absolute atomic E-state index is 0.0395. The molecule has 0 aromatic rings. The standard InChI is InChI=1S/C55H92O14/c1-3-5-7-9-11-13-15-16-17-18-19-20-21-22-23-24-25-26-27-29-31-33-35-37-39-64-41-44(67-47(57)38-36-34-32-30-28-14-12-10-8-6-4-2)42-65-54-53(63)51(61)49(59)46(69-54)43-66-55-52(62)50(60)48(58)45(40-56)68-55/h5,7,10-13,16-17,19-20,22-23,25-26,44-46,48-56,58-63H,3-4,6,8-9,14-15,18,21,24,27-43H2,1-2H3/b7-5-,12-10-,13-11-,17-16-,20-19-,23-22-,26-25-. The van der Waals surface area contributed by atoms with E-state index < -0.39 is 86.7 Å². The van der Waals surface area contributed by atoms with E-state index >= 15 is 0 Å². The van der Waals surface area contributed by atoms with Gasteiger partial charge >= 0.3 is 5.97 Å². The predicted octanol–water partition coefficient (Wildman–Crippen LogP) is 8.07. The van der Waals surface area contributed by atoms with Crippen LogP contribution in [-0.4, -0.2) is 142 Å². The van der Waals surface area contributed by atoms with Crippen LogP contribution in [0.15, 0.2) is 85.1 Å². The number of aliphatic hydroxyl groups is 7. The van der Waals surface area contributed by atoms with Crippen LogP contribution in [0.2, 0.25) is 0 Å². The Bertz CT molecular complexity index is 1460. The molecule has 11 unspecified atom stereocenters. The lowest BCUT2D eigenvalue weighted by molar-refractivity contribution is -0.332. The van der Waals surface area contributed by atoms with E-state index in [4.69, 9.17) is 28.4 Å². The lowest BCUT2D eigenvalue weighted by Crippen LogP contribution is -2.61. The molecule has 2 fully saturated rings. The summed E-state index contributed by atoms with van der Waals surface area (Å²) in [6.07, 6.45) is 36.5. The molecule has 14 heteroatoms. The summed E-state index contributed by atoms with van der Waals surface area (Å²) in [7, 11) is 0. The number of unbranched alkanes of at least 4 members (excludes halogenated alkanes) is 12. The van der Waals surface area contributed by atoms with Gasteiger partial charge in [-0.05, 0) is 83.5 Å². The first-order valence-electron chi connectivity index (χ1n) is 26.2. The zero-order valence-electron chi connectivity index (χ0n) is 42.0. The third-order valence-corrected chi connectivity index (χ3v) is 11.9. The molecule has 2 heterocycles. The fourth-order valence-electron chi connectivity index (χ4n) is 7.62. The van der Waals surface area contributed by atoms with Crippen molar-refractivity contribution in [3.63, 3.8) is 0 Å². The van der Waals surface area contributed by atoms with Gasteiger partial charge in [0.1, 0.15) is 54.9 Å². The maximum atomic E-state index is 13.0. The third-order valence-electron chi connectivity index (χ3n) is 11.9. The summed E-state index contributed by atoms with van der Waals surface area (Å²) in [6.45, 7) is 3.44. The molecular formula is C55H92O14. The molecule has 0 aliphatic carbocycles. The molecule has 0 amide bonds. The van der Waals surface area contributed by atoms with Crippen molar-refractivity contribution in [3.05, 3.63) is 85.1 Å². The molecule has 396 valence electrons. The van der Waals surface area contributed by atoms with Crippen molar-refractivity contribution in [1.29, 1.82) is 0 Å². The smallest absolute Gasteiger partial charge is 0.306 e. The van der Waals surface area contributed by atoms with Gasteiger partial charge in [-0.2, -0.15) is 0 Å². The molecule has 0 saturated carbocycles. The molecule has 0 aromatic carbocycles. The fourth-order valence-corrected chi connectivity index (χ4v) is 7.62. The van der Waals surface area contributed by atoms with Crippen LogP contribution in [0.1, 0.15) is 155 Å². The molecular weight excluding hydrogens is 885 g/mol. The van der Waals surface area contributed by atoms with E-state index in [-0.39, 0.29) is 19.6 Å². The van der Waals surface area contributed by atoms with Crippen molar-refractivity contribution < 1.29 is 69.0 Å². The molecule has 0 aromatic heterocycles. The van der Waals surface area contributed by atoms with Crippen molar-refractivity contribution in [3.8, 4) is 0 Å². The van der Waals surface area contributed by atoms with Crippen LogP contribution < -0.4 is 0 Å². The van der Waals surface area contributed by atoms with Crippen molar-refractivity contribution in [2.24, 2.45) is 0 Å². The number of esters is 1. The number of rotatable bonds is 40. The van der Waals surface area contributed by atoms with Gasteiger partial charge in [0.15, 0.2) is 12.6 Å². The average molecular weight is 977 g/mol. The van der Waals surface area contributed by atoms with Gasteiger partial charge in [0.2, 0.25) is 0 Å². The van der Waals surface area contributed by atoms with E-state index in [1.54, 1.807) is 0 Å². The van der Waals surface area contributed by atoms with Crippen molar-refractivity contribution in [2.45, 2.75) is 223 Å². The number of hydrogen-bond donors (Lipinski definition) is 7. The number of ether oxygens (including phenoxy) is 6. The quantitative estimate of drug-likeness (QED) is 0.0176. The second-order valence-electron chi connectivity index (χ2n) is 18.0. The van der Waals surface area contributed by atoms with Gasteiger partial charge in [-0.15, -0.1) is 0 Å². The van der Waals surface area contributed by atoms with Crippen LogP contribution in [0, 0.1) is 0 Å². The van der Waals surface area contributed by atoms with Crippen molar-refractivity contribution in [1.82, 2.24) is 0 Å². The molecule has 2 saturated heterocycles. The van der Waals surface area contributed by atoms with Crippen molar-refractivity contribution >= 4 is 5.97 Å². The second-order valence-corrected chi connectivity index (χ2v) is 18.0. The Kier molecular flexibility index (Phi) is 37.7. The molecule has 2 rings (SSSR count). The molecule has 0 spiro atoms. The third kappa shape index (κ3) is 29.3. The highest BCUT2D eigenvalue weighted by Gasteiger charge is 2.47. The Hall–Kier alpha value is -2.83. The first-order valence-corrected chi connectivity index (χ1v) is 26.2. The summed E-state index contributed by atoms with van der Waals surface area (Å²) in [5, 5.41) is 72.1. The highest BCUT2D eigenvalue weighted by Crippen LogP contribution is 2.26. The summed E-state index contributed by atoms with van der Waals surface area (Å²) in [5.74, 6) is -0.399. The molecule has 69 heavy (non-hydrogen) atoms. The van der Waals surface area contributed by atoms with E-state index in [0.29, 0.717) is 13.0 Å². The summed E-state index contributed by atoms with van der Waals surface area (Å²) in [4.78, 5) is 13.0. The van der Waals surface area contributed by atoms with Crippen LogP contribution in [-0.2, 0) is 33.2 Å². The second kappa shape index (κ2) is 41.8. The van der Waals surface area contributed by atoms with E-state index in [0.717, 1.165) is 116 Å². The Balaban J connectivity index is 1.74. The molecule has 2 aliphatic heterocycles. The van der Waals surface area contributed by atoms with Crippen LogP contribution in [0.5, 0.6) is 0 Å². The van der Waals surface area contributed by atoms with Gasteiger partial charge in [-0.25, -0.2) is 0 Å². The summed E-state index contributed by atoms with van der Waals surface area (Å²) in [5.41, 5.74) is 0. The van der Waals surface area contributed by atoms with E-state index in [2.05, 4.69) is 98.9 Å². The maximum Gasteiger partial charge on any atom is 0.306 e. The Morgan fingerprint density at radius 2 is 0.942 bits per heavy atom. The van der Waals surface area contributed by atoms with Crippen LogP contribution in [0.3, 0.4) is 0 Å². The number of carbonyl (C=O) groups excluding carboxylic acids is 1. The van der Waals surface area contributed by atoms with E-state index in [1.807, 2.05) is 0 Å². The van der Waals surface area contributed by atoms with Gasteiger partial charge in [0.05, 0.1) is 26.4 Å². The number of hydrogen-bond acceptors (Lipinski definition) is 14. The van der Waals surface area contributed by atoms with Gasteiger partial charge in [0.25, 0.3) is 0 Å². The largest absolute Gasteiger partial charge is 0.457 e. The summed E-state index contributed by atoms with van der Waals surface area (Å²) < 4.78 is 34.2. The Labute approximate surface area is 414 Å². The first-order chi connectivity index (χ1) is 33.6. The summed E-state index contributed by atoms with van der Waals surface area (Å²) in [6, 6.07) is 0. The topological polar surface area (TPSA) is 214 Å². The van der Waals surface area contributed by atoms with Crippen LogP contribution in [0.4, 0.5) is 0 Å². The lowest BCUT2D eigenvalue weighted by Gasteiger charge is -2.42. The summed E-state index contributed by atoms with van der Waals surface area (Å²) >= 11 is 0. The van der Waals surface area contributed by atoms with Crippen molar-refractivity contribution in [2.75, 3.05) is 33.0 Å². The predicted molar refractivity (Wildman–Crippen MR) is 270 cm³/mol. The van der Waals surface area contributed by atoms with Gasteiger partial charge in [0, 0.05) is 13.0 Å². The van der Waals surface area contributed by atoms with Gasteiger partial charge < -0.3 is 64.2 Å². The number of allylic oxidation sites excluding steroid dienone is 14. The number of carbonyl (C=O) groups is 1. The number of aliphatic hydroxyl groups excluding tert-OH is 7. The van der Waals surface area contributed by atoms with E-state index in [1.165, 1.54) is 12.8 Å². The highest BCUT2D eigenvalue weighted by molar-refractivity contribution is 5.69. The minimum Gasteiger partial charge on any atom is -0.457 e. The normalized spacial score (nSPS) is 26.4. The maximum absolute atomic E-state index is 13.0.